The third kappa shape index (κ3) is 5.15. The molecule has 0 aliphatic heterocycles. The van der Waals surface area contributed by atoms with Crippen molar-refractivity contribution in [1.29, 1.82) is 0 Å². The molecule has 5 nitrogen and oxygen atoms in total. The van der Waals surface area contributed by atoms with Crippen LogP contribution in [-0.2, 0) is 11.2 Å². The minimum Gasteiger partial charge on any atom is -0.426 e. The van der Waals surface area contributed by atoms with Gasteiger partial charge in [-0.1, -0.05) is 25.5 Å². The number of methoxy groups -OCH3 is 1. The van der Waals surface area contributed by atoms with Gasteiger partial charge in [0.1, 0.15) is 0 Å². The van der Waals surface area contributed by atoms with Crippen LogP contribution in [0.4, 0.5) is 0 Å². The quantitative estimate of drug-likeness (QED) is 0.589. The average molecular weight is 321 g/mol. The van der Waals surface area contributed by atoms with Crippen LogP contribution in [0.25, 0.3) is 0 Å². The molecule has 1 heterocycles. The van der Waals surface area contributed by atoms with Gasteiger partial charge in [0.2, 0.25) is 11.8 Å². The van der Waals surface area contributed by atoms with E-state index in [4.69, 9.17) is 9.15 Å². The van der Waals surface area contributed by atoms with Gasteiger partial charge >= 0.3 is 0 Å². The standard InChI is InChI=1S/C18H31N3O2/c1-12(2)17-9-15(10-18-21-20-14(4)23-18)13(3)8-16(17)11-19-6-7-22-5/h8,12,15-17,19H,6-7,9-11H2,1-5H3/t15-,16+,17+/m1/s1. The van der Waals surface area contributed by atoms with E-state index < -0.39 is 0 Å². The van der Waals surface area contributed by atoms with Gasteiger partial charge in [0, 0.05) is 33.5 Å². The minimum atomic E-state index is 0.512. The SMILES string of the molecule is COCCNC[C@@H]1C=C(C)[C@@H](Cc2nnc(C)o2)C[C@H]1C(C)C. The smallest absolute Gasteiger partial charge is 0.217 e. The molecule has 1 aliphatic rings. The lowest BCUT2D eigenvalue weighted by atomic mass is 9.70. The van der Waals surface area contributed by atoms with Gasteiger partial charge < -0.3 is 14.5 Å². The fraction of sp³-hybridized carbons (Fsp3) is 0.778. The van der Waals surface area contributed by atoms with Crippen molar-refractivity contribution in [3.8, 4) is 0 Å². The zero-order valence-electron chi connectivity index (χ0n) is 15.1. The topological polar surface area (TPSA) is 60.2 Å². The van der Waals surface area contributed by atoms with E-state index in [1.165, 1.54) is 12.0 Å². The number of hydrogen-bond donors (Lipinski definition) is 1. The number of nitrogens with zero attached hydrogens (tertiary/aromatic N) is 2. The van der Waals surface area contributed by atoms with Crippen molar-refractivity contribution in [1.82, 2.24) is 15.5 Å². The molecule has 0 aromatic carbocycles. The number of ether oxygens (including phenoxy) is 1. The second kappa shape index (κ2) is 8.60. The summed E-state index contributed by atoms with van der Waals surface area (Å²) in [6.45, 7) is 11.4. The van der Waals surface area contributed by atoms with Gasteiger partial charge in [-0.3, -0.25) is 0 Å². The van der Waals surface area contributed by atoms with Crippen LogP contribution in [0.5, 0.6) is 0 Å². The van der Waals surface area contributed by atoms with Gasteiger partial charge in [-0.05, 0) is 37.0 Å². The molecule has 1 aromatic heterocycles. The highest BCUT2D eigenvalue weighted by Gasteiger charge is 2.32. The van der Waals surface area contributed by atoms with E-state index in [0.29, 0.717) is 29.6 Å². The number of aromatic nitrogens is 2. The molecule has 3 atom stereocenters. The Labute approximate surface area is 139 Å². The molecule has 1 N–H and O–H groups in total. The Hall–Kier alpha value is -1.20. The van der Waals surface area contributed by atoms with Gasteiger partial charge in [0.25, 0.3) is 0 Å². The largest absolute Gasteiger partial charge is 0.426 e. The summed E-state index contributed by atoms with van der Waals surface area (Å²) >= 11 is 0. The summed E-state index contributed by atoms with van der Waals surface area (Å²) in [6, 6.07) is 0. The summed E-state index contributed by atoms with van der Waals surface area (Å²) in [5.74, 6) is 3.87. The van der Waals surface area contributed by atoms with Crippen molar-refractivity contribution in [2.24, 2.45) is 23.7 Å². The number of allylic oxidation sites excluding steroid dienone is 1. The first-order valence-electron chi connectivity index (χ1n) is 8.68. The van der Waals surface area contributed by atoms with Crippen molar-refractivity contribution < 1.29 is 9.15 Å². The number of rotatable bonds is 8. The Balaban J connectivity index is 2.01. The van der Waals surface area contributed by atoms with Crippen molar-refractivity contribution >= 4 is 0 Å². The Kier molecular flexibility index (Phi) is 6.78. The maximum Gasteiger partial charge on any atom is 0.217 e. The summed E-state index contributed by atoms with van der Waals surface area (Å²) in [5, 5.41) is 11.6. The Morgan fingerprint density at radius 2 is 2.13 bits per heavy atom. The fourth-order valence-electron chi connectivity index (χ4n) is 3.58. The predicted molar refractivity (Wildman–Crippen MR) is 91.2 cm³/mol. The number of nitrogens with one attached hydrogen (secondary N) is 1. The zero-order chi connectivity index (χ0) is 16.8. The van der Waals surface area contributed by atoms with E-state index in [2.05, 4.69) is 42.4 Å². The molecule has 0 fully saturated rings. The fourth-order valence-corrected chi connectivity index (χ4v) is 3.58. The van der Waals surface area contributed by atoms with E-state index in [-0.39, 0.29) is 0 Å². The third-order valence-corrected chi connectivity index (χ3v) is 4.94. The molecule has 5 heteroatoms. The first-order valence-corrected chi connectivity index (χ1v) is 8.68. The predicted octanol–water partition coefficient (Wildman–Crippen LogP) is 3.01. The zero-order valence-corrected chi connectivity index (χ0v) is 15.1. The summed E-state index contributed by atoms with van der Waals surface area (Å²) < 4.78 is 10.7. The van der Waals surface area contributed by atoms with E-state index >= 15 is 0 Å². The maximum atomic E-state index is 5.57. The van der Waals surface area contributed by atoms with Crippen LogP contribution in [0.3, 0.4) is 0 Å². The number of aryl methyl sites for hydroxylation is 1. The lowest BCUT2D eigenvalue weighted by Gasteiger charge is -2.37. The van der Waals surface area contributed by atoms with Crippen LogP contribution in [0.2, 0.25) is 0 Å². The molecule has 2 rings (SSSR count). The first-order chi connectivity index (χ1) is 11.0. The molecule has 23 heavy (non-hydrogen) atoms. The highest BCUT2D eigenvalue weighted by atomic mass is 16.5. The van der Waals surface area contributed by atoms with Gasteiger partial charge in [-0.15, -0.1) is 10.2 Å². The lowest BCUT2D eigenvalue weighted by molar-refractivity contribution is 0.188. The Bertz CT molecular complexity index is 510. The Morgan fingerprint density at radius 3 is 2.74 bits per heavy atom. The normalized spacial score (nSPS) is 25.0. The molecule has 1 aromatic rings. The summed E-state index contributed by atoms with van der Waals surface area (Å²) in [7, 11) is 1.74. The maximum absolute atomic E-state index is 5.57. The monoisotopic (exact) mass is 321 g/mol. The Morgan fingerprint density at radius 1 is 1.35 bits per heavy atom. The molecule has 0 saturated carbocycles. The average Bonchev–Trinajstić information content (AvgIpc) is 2.91. The molecule has 0 spiro atoms. The first kappa shape index (κ1) is 18.1. The van der Waals surface area contributed by atoms with Crippen LogP contribution in [0.15, 0.2) is 16.1 Å². The third-order valence-electron chi connectivity index (χ3n) is 4.94. The van der Waals surface area contributed by atoms with Gasteiger partial charge in [0.05, 0.1) is 6.61 Å². The molecular formula is C18H31N3O2. The minimum absolute atomic E-state index is 0.512. The lowest BCUT2D eigenvalue weighted by Crippen LogP contribution is -2.35. The molecule has 0 saturated heterocycles. The summed E-state index contributed by atoms with van der Waals surface area (Å²) in [5.41, 5.74) is 1.45. The van der Waals surface area contributed by atoms with Gasteiger partial charge in [-0.2, -0.15) is 0 Å². The van der Waals surface area contributed by atoms with E-state index in [1.807, 2.05) is 6.92 Å². The van der Waals surface area contributed by atoms with Crippen LogP contribution in [-0.4, -0.2) is 37.0 Å². The highest BCUT2D eigenvalue weighted by Crippen LogP contribution is 2.38. The van der Waals surface area contributed by atoms with Crippen LogP contribution < -0.4 is 5.32 Å². The summed E-state index contributed by atoms with van der Waals surface area (Å²) in [6.07, 6.45) is 4.51. The van der Waals surface area contributed by atoms with Crippen LogP contribution in [0, 0.1) is 30.6 Å². The van der Waals surface area contributed by atoms with E-state index in [0.717, 1.165) is 32.0 Å². The van der Waals surface area contributed by atoms with Crippen LogP contribution >= 0.6 is 0 Å². The molecule has 130 valence electrons. The van der Waals surface area contributed by atoms with Gasteiger partial charge in [-0.25, -0.2) is 0 Å². The molecule has 0 unspecified atom stereocenters. The van der Waals surface area contributed by atoms with E-state index in [9.17, 15) is 0 Å². The van der Waals surface area contributed by atoms with Crippen molar-refractivity contribution in [2.75, 3.05) is 26.8 Å². The molecule has 0 amide bonds. The second-order valence-electron chi connectivity index (χ2n) is 7.03. The van der Waals surface area contributed by atoms with Crippen LogP contribution in [0.1, 0.15) is 39.0 Å². The molecular weight excluding hydrogens is 290 g/mol. The van der Waals surface area contributed by atoms with Crippen molar-refractivity contribution in [3.63, 3.8) is 0 Å². The summed E-state index contributed by atoms with van der Waals surface area (Å²) in [4.78, 5) is 0. The van der Waals surface area contributed by atoms with E-state index in [1.54, 1.807) is 7.11 Å². The van der Waals surface area contributed by atoms with Crippen molar-refractivity contribution in [2.45, 2.75) is 40.5 Å². The highest BCUT2D eigenvalue weighted by molar-refractivity contribution is 5.14. The molecule has 0 radical (unpaired) electrons. The molecule has 1 aliphatic carbocycles. The number of hydrogen-bond acceptors (Lipinski definition) is 5. The molecule has 0 bridgehead atoms. The van der Waals surface area contributed by atoms with Gasteiger partial charge in [0.15, 0.2) is 0 Å². The van der Waals surface area contributed by atoms with Crippen molar-refractivity contribution in [3.05, 3.63) is 23.4 Å². The second-order valence-corrected chi connectivity index (χ2v) is 7.03.